The van der Waals surface area contributed by atoms with E-state index in [0.29, 0.717) is 23.7 Å². The lowest BCUT2D eigenvalue weighted by molar-refractivity contribution is 0.0635. The monoisotopic (exact) mass is 462 g/mol. The molecule has 0 N–H and O–H groups in total. The second-order valence-corrected chi connectivity index (χ2v) is 8.97. The van der Waals surface area contributed by atoms with Crippen LogP contribution >= 0.6 is 0 Å². The van der Waals surface area contributed by atoms with Crippen molar-refractivity contribution in [1.82, 2.24) is 9.80 Å². The highest BCUT2D eigenvalue weighted by atomic mass is 16.5. The van der Waals surface area contributed by atoms with Crippen molar-refractivity contribution in [3.8, 4) is 11.5 Å². The number of methoxy groups -OCH3 is 3. The summed E-state index contributed by atoms with van der Waals surface area (Å²) in [5.41, 5.74) is 3.09. The van der Waals surface area contributed by atoms with Gasteiger partial charge in [-0.2, -0.15) is 0 Å². The summed E-state index contributed by atoms with van der Waals surface area (Å²) in [6.45, 7) is 3.47. The Bertz CT molecular complexity index is 1120. The molecule has 1 saturated heterocycles. The van der Waals surface area contributed by atoms with Crippen molar-refractivity contribution < 1.29 is 19.0 Å². The van der Waals surface area contributed by atoms with Gasteiger partial charge in [-0.15, -0.1) is 0 Å². The first-order valence-corrected chi connectivity index (χ1v) is 11.7. The average molecular weight is 463 g/mol. The van der Waals surface area contributed by atoms with Gasteiger partial charge in [0.05, 0.1) is 20.8 Å². The van der Waals surface area contributed by atoms with Gasteiger partial charge in [-0.1, -0.05) is 24.3 Å². The molecule has 180 valence electrons. The Morgan fingerprint density at radius 1 is 0.882 bits per heavy atom. The van der Waals surface area contributed by atoms with Crippen molar-refractivity contribution in [1.29, 1.82) is 0 Å². The number of hydrogen-bond donors (Lipinski definition) is 0. The molecule has 3 aromatic rings. The Morgan fingerprint density at radius 2 is 1.50 bits per heavy atom. The highest BCUT2D eigenvalue weighted by Gasteiger charge is 2.26. The van der Waals surface area contributed by atoms with Gasteiger partial charge in [-0.25, -0.2) is 0 Å². The van der Waals surface area contributed by atoms with Crippen molar-refractivity contribution in [3.63, 3.8) is 0 Å². The predicted molar refractivity (Wildman–Crippen MR) is 135 cm³/mol. The average Bonchev–Trinajstić information content (AvgIpc) is 2.88. The fraction of sp³-hybridized carbons (Fsp3) is 0.393. The molecule has 1 heterocycles. The molecule has 0 saturated carbocycles. The summed E-state index contributed by atoms with van der Waals surface area (Å²) in [5.74, 6) is 1.24. The minimum absolute atomic E-state index is 0.00274. The zero-order chi connectivity index (χ0) is 24.1. The molecule has 6 nitrogen and oxygen atoms in total. The zero-order valence-corrected chi connectivity index (χ0v) is 20.5. The van der Waals surface area contributed by atoms with Crippen molar-refractivity contribution >= 4 is 16.7 Å². The van der Waals surface area contributed by atoms with E-state index < -0.39 is 0 Å². The van der Waals surface area contributed by atoms with E-state index in [9.17, 15) is 4.79 Å². The highest BCUT2D eigenvalue weighted by Crippen LogP contribution is 2.26. The number of piperidine rings is 1. The van der Waals surface area contributed by atoms with Crippen molar-refractivity contribution in [2.24, 2.45) is 0 Å². The van der Waals surface area contributed by atoms with Gasteiger partial charge in [-0.3, -0.25) is 9.69 Å². The molecule has 0 radical (unpaired) electrons. The lowest BCUT2D eigenvalue weighted by atomic mass is 10.0. The van der Waals surface area contributed by atoms with Gasteiger partial charge in [0, 0.05) is 51.5 Å². The number of nitrogens with zero attached hydrogens (tertiary/aromatic N) is 2. The van der Waals surface area contributed by atoms with Gasteiger partial charge < -0.3 is 19.1 Å². The minimum Gasteiger partial charge on any atom is -0.497 e. The molecule has 0 bridgehead atoms. The molecule has 1 fully saturated rings. The largest absolute Gasteiger partial charge is 0.497 e. The lowest BCUT2D eigenvalue weighted by Crippen LogP contribution is -2.45. The second kappa shape index (κ2) is 10.9. The van der Waals surface area contributed by atoms with Crippen LogP contribution in [-0.2, 0) is 17.9 Å². The maximum absolute atomic E-state index is 13.1. The van der Waals surface area contributed by atoms with E-state index in [2.05, 4.69) is 41.3 Å². The third-order valence-corrected chi connectivity index (χ3v) is 6.71. The number of hydrogen-bond acceptors (Lipinski definition) is 5. The van der Waals surface area contributed by atoms with Crippen LogP contribution in [0.2, 0.25) is 0 Å². The normalized spacial score (nSPS) is 14.8. The smallest absolute Gasteiger partial charge is 0.254 e. The molecule has 0 atom stereocenters. The van der Waals surface area contributed by atoms with E-state index in [1.165, 1.54) is 21.9 Å². The van der Waals surface area contributed by atoms with E-state index in [1.54, 1.807) is 39.5 Å². The Morgan fingerprint density at radius 3 is 2.12 bits per heavy atom. The number of likely N-dealkylation sites (tertiary alicyclic amines) is 1. The third-order valence-electron chi connectivity index (χ3n) is 6.71. The third kappa shape index (κ3) is 5.51. The van der Waals surface area contributed by atoms with E-state index in [1.807, 2.05) is 11.9 Å². The number of fused-ring (bicyclic) bond motifs is 1. The summed E-state index contributed by atoms with van der Waals surface area (Å²) in [5, 5.41) is 2.50. The lowest BCUT2D eigenvalue weighted by Gasteiger charge is -2.37. The summed E-state index contributed by atoms with van der Waals surface area (Å²) in [6, 6.07) is 18.7. The molecule has 3 aromatic carbocycles. The molecule has 1 aliphatic heterocycles. The molecule has 0 spiro atoms. The molecule has 0 aliphatic carbocycles. The van der Waals surface area contributed by atoms with Crippen LogP contribution in [0.25, 0.3) is 10.8 Å². The number of ether oxygens (including phenoxy) is 3. The van der Waals surface area contributed by atoms with Crippen LogP contribution in [0.15, 0.2) is 54.6 Å². The van der Waals surface area contributed by atoms with Crippen LogP contribution in [-0.4, -0.2) is 63.2 Å². The van der Waals surface area contributed by atoms with Crippen LogP contribution in [0.5, 0.6) is 11.5 Å². The van der Waals surface area contributed by atoms with Gasteiger partial charge in [0.15, 0.2) is 0 Å². The van der Waals surface area contributed by atoms with Crippen LogP contribution < -0.4 is 9.47 Å². The molecule has 0 aromatic heterocycles. The molecule has 6 heteroatoms. The van der Waals surface area contributed by atoms with Gasteiger partial charge in [-0.05, 0) is 59.0 Å². The fourth-order valence-corrected chi connectivity index (χ4v) is 4.72. The first-order valence-electron chi connectivity index (χ1n) is 11.7. The summed E-state index contributed by atoms with van der Waals surface area (Å²) < 4.78 is 15.9. The number of carbonyl (C=O) groups excluding carboxylic acids is 1. The first kappa shape index (κ1) is 24.0. The van der Waals surface area contributed by atoms with Gasteiger partial charge in [0.1, 0.15) is 11.5 Å². The number of amides is 1. The van der Waals surface area contributed by atoms with E-state index in [4.69, 9.17) is 14.2 Å². The predicted octanol–water partition coefficient (Wildman–Crippen LogP) is 4.74. The fourth-order valence-electron chi connectivity index (χ4n) is 4.72. The van der Waals surface area contributed by atoms with Crippen LogP contribution in [0.4, 0.5) is 0 Å². The van der Waals surface area contributed by atoms with E-state index in [0.717, 1.165) is 32.5 Å². The molecular weight excluding hydrogens is 428 g/mol. The van der Waals surface area contributed by atoms with Crippen molar-refractivity contribution in [3.05, 3.63) is 71.3 Å². The topological polar surface area (TPSA) is 51.2 Å². The van der Waals surface area contributed by atoms with E-state index >= 15 is 0 Å². The second-order valence-electron chi connectivity index (χ2n) is 8.97. The molecule has 1 amide bonds. The number of rotatable bonds is 8. The molecule has 1 aliphatic rings. The van der Waals surface area contributed by atoms with Gasteiger partial charge >= 0.3 is 0 Å². The standard InChI is InChI=1S/C28H34N2O4/c1-29(28(31)24-15-26(33-3)17-27(16-24)34-4)25-9-11-30(12-10-25)18-20-5-7-22-8-6-21(19-32-2)14-23(22)13-20/h5-8,13-17,25H,9-12,18-19H2,1-4H3. The Balaban J connectivity index is 1.37. The quantitative estimate of drug-likeness (QED) is 0.484. The molecular formula is C28H34N2O4. The number of benzene rings is 3. The minimum atomic E-state index is -0.00274. The maximum atomic E-state index is 13.1. The van der Waals surface area contributed by atoms with Crippen molar-refractivity contribution in [2.75, 3.05) is 41.5 Å². The van der Waals surface area contributed by atoms with E-state index in [-0.39, 0.29) is 11.9 Å². The summed E-state index contributed by atoms with van der Waals surface area (Å²) in [4.78, 5) is 17.5. The Kier molecular flexibility index (Phi) is 7.70. The van der Waals surface area contributed by atoms with Crippen LogP contribution in [0.1, 0.15) is 34.3 Å². The summed E-state index contributed by atoms with van der Waals surface area (Å²) in [6.07, 6.45) is 1.91. The highest BCUT2D eigenvalue weighted by molar-refractivity contribution is 5.95. The molecule has 4 rings (SSSR count). The van der Waals surface area contributed by atoms with Gasteiger partial charge in [0.2, 0.25) is 0 Å². The Hall–Kier alpha value is -3.09. The SMILES string of the molecule is COCc1ccc2ccc(CN3CCC(N(C)C(=O)c4cc(OC)cc(OC)c4)CC3)cc2c1. The summed E-state index contributed by atoms with van der Waals surface area (Å²) in [7, 11) is 6.81. The number of carbonyl (C=O) groups is 1. The van der Waals surface area contributed by atoms with Crippen LogP contribution in [0.3, 0.4) is 0 Å². The summed E-state index contributed by atoms with van der Waals surface area (Å²) >= 11 is 0. The first-order chi connectivity index (χ1) is 16.5. The van der Waals surface area contributed by atoms with Gasteiger partial charge in [0.25, 0.3) is 5.91 Å². The molecule has 0 unspecified atom stereocenters. The van der Waals surface area contributed by atoms with Crippen LogP contribution in [0, 0.1) is 0 Å². The van der Waals surface area contributed by atoms with Crippen molar-refractivity contribution in [2.45, 2.75) is 32.0 Å². The maximum Gasteiger partial charge on any atom is 0.254 e. The Labute approximate surface area is 202 Å². The molecule has 34 heavy (non-hydrogen) atoms. The zero-order valence-electron chi connectivity index (χ0n) is 20.5.